The van der Waals surface area contributed by atoms with Crippen molar-refractivity contribution in [2.75, 3.05) is 0 Å². The van der Waals surface area contributed by atoms with Crippen molar-refractivity contribution in [1.82, 2.24) is 0 Å². The number of fused-ring (bicyclic) bond motifs is 9. The Kier molecular flexibility index (Phi) is 6.97. The summed E-state index contributed by atoms with van der Waals surface area (Å²) in [4.78, 5) is 0. The van der Waals surface area contributed by atoms with Gasteiger partial charge in [0.05, 0.1) is 0 Å². The SMILES string of the molecule is c1ccc(-c2ccc(-c3ccc4c(ccc5cc(-c6ccc7c(ccc8cc(-c9cc%10ccccc%10c%10ccccc9%10)ccc87)c6)ccc54)c3)cc2)cc1. The molecule has 0 N–H and O–H groups in total. The number of hydrogen-bond donors (Lipinski definition) is 0. The molecule has 11 rings (SSSR count). The van der Waals surface area contributed by atoms with Crippen molar-refractivity contribution in [3.05, 3.63) is 206 Å². The number of rotatable bonds is 4. The molecule has 0 bridgehead atoms. The van der Waals surface area contributed by atoms with Gasteiger partial charge in [0.1, 0.15) is 0 Å². The van der Waals surface area contributed by atoms with E-state index in [0.717, 1.165) is 0 Å². The first-order valence-corrected chi connectivity index (χ1v) is 18.7. The first-order valence-electron chi connectivity index (χ1n) is 18.7. The highest BCUT2D eigenvalue weighted by atomic mass is 14.2. The smallest absolute Gasteiger partial charge is 0.00988 e. The van der Waals surface area contributed by atoms with E-state index >= 15 is 0 Å². The Balaban J connectivity index is 0.918. The van der Waals surface area contributed by atoms with Crippen LogP contribution in [0.5, 0.6) is 0 Å². The summed E-state index contributed by atoms with van der Waals surface area (Å²) in [7, 11) is 0. The molecule has 0 fully saturated rings. The fraction of sp³-hybridized carbons (Fsp3) is 0. The van der Waals surface area contributed by atoms with Crippen LogP contribution in [0.2, 0.25) is 0 Å². The average molecular weight is 683 g/mol. The third-order valence-electron chi connectivity index (χ3n) is 11.4. The summed E-state index contributed by atoms with van der Waals surface area (Å²) in [5, 5.41) is 15.3. The van der Waals surface area contributed by atoms with Gasteiger partial charge in [-0.15, -0.1) is 0 Å². The van der Waals surface area contributed by atoms with Crippen LogP contribution in [0.25, 0.3) is 109 Å². The quantitative estimate of drug-likeness (QED) is 0.162. The Morgan fingerprint density at radius 3 is 1.06 bits per heavy atom. The summed E-state index contributed by atoms with van der Waals surface area (Å²) in [6.07, 6.45) is 0. The predicted octanol–water partition coefficient (Wildman–Crippen LogP) is 15.3. The molecule has 54 heavy (non-hydrogen) atoms. The molecule has 0 saturated carbocycles. The molecule has 0 heterocycles. The van der Waals surface area contributed by atoms with Gasteiger partial charge in [0.2, 0.25) is 0 Å². The summed E-state index contributed by atoms with van der Waals surface area (Å²) in [5.74, 6) is 0. The van der Waals surface area contributed by atoms with Gasteiger partial charge < -0.3 is 0 Å². The second kappa shape index (κ2) is 12.3. The van der Waals surface area contributed by atoms with Crippen LogP contribution in [-0.4, -0.2) is 0 Å². The zero-order valence-electron chi connectivity index (χ0n) is 29.6. The van der Waals surface area contributed by atoms with Crippen molar-refractivity contribution >= 4 is 64.6 Å². The molecule has 0 spiro atoms. The lowest BCUT2D eigenvalue weighted by Gasteiger charge is -2.13. The van der Waals surface area contributed by atoms with E-state index in [-0.39, 0.29) is 0 Å². The Hall–Kier alpha value is -7.02. The van der Waals surface area contributed by atoms with Crippen LogP contribution in [0.1, 0.15) is 0 Å². The number of benzene rings is 11. The van der Waals surface area contributed by atoms with Crippen LogP contribution in [0, 0.1) is 0 Å². The summed E-state index contributed by atoms with van der Waals surface area (Å²) in [5.41, 5.74) is 9.94. The van der Waals surface area contributed by atoms with Crippen molar-refractivity contribution in [3.63, 3.8) is 0 Å². The van der Waals surface area contributed by atoms with Gasteiger partial charge in [-0.2, -0.15) is 0 Å². The maximum Gasteiger partial charge on any atom is -0.00988 e. The molecule has 0 aliphatic carbocycles. The largest absolute Gasteiger partial charge is 0.0622 e. The minimum Gasteiger partial charge on any atom is -0.0622 e. The highest BCUT2D eigenvalue weighted by molar-refractivity contribution is 6.15. The van der Waals surface area contributed by atoms with E-state index in [1.54, 1.807) is 0 Å². The molecule has 0 radical (unpaired) electrons. The highest BCUT2D eigenvalue weighted by Crippen LogP contribution is 2.39. The topological polar surface area (TPSA) is 0 Å². The van der Waals surface area contributed by atoms with E-state index in [2.05, 4.69) is 206 Å². The summed E-state index contributed by atoms with van der Waals surface area (Å²) < 4.78 is 0. The van der Waals surface area contributed by atoms with E-state index in [9.17, 15) is 0 Å². The fourth-order valence-corrected chi connectivity index (χ4v) is 8.63. The lowest BCUT2D eigenvalue weighted by molar-refractivity contribution is 1.60. The van der Waals surface area contributed by atoms with Gasteiger partial charge in [0.25, 0.3) is 0 Å². The van der Waals surface area contributed by atoms with Crippen LogP contribution < -0.4 is 0 Å². The molecule has 0 atom stereocenters. The van der Waals surface area contributed by atoms with Crippen LogP contribution in [0.4, 0.5) is 0 Å². The zero-order valence-corrected chi connectivity index (χ0v) is 29.6. The van der Waals surface area contributed by atoms with E-state index in [1.165, 1.54) is 109 Å². The second-order valence-corrected chi connectivity index (χ2v) is 14.5. The monoisotopic (exact) mass is 682 g/mol. The molecule has 0 aliphatic heterocycles. The Morgan fingerprint density at radius 2 is 0.500 bits per heavy atom. The van der Waals surface area contributed by atoms with Crippen LogP contribution >= 0.6 is 0 Å². The Bertz CT molecular complexity index is 3240. The molecular weight excluding hydrogens is 649 g/mol. The maximum atomic E-state index is 2.36. The maximum absolute atomic E-state index is 2.36. The van der Waals surface area contributed by atoms with Crippen molar-refractivity contribution in [3.8, 4) is 44.5 Å². The molecule has 0 aromatic heterocycles. The summed E-state index contributed by atoms with van der Waals surface area (Å²) >= 11 is 0. The van der Waals surface area contributed by atoms with Crippen LogP contribution in [0.3, 0.4) is 0 Å². The molecule has 0 heteroatoms. The molecule has 0 saturated heterocycles. The highest BCUT2D eigenvalue weighted by Gasteiger charge is 2.12. The van der Waals surface area contributed by atoms with E-state index in [4.69, 9.17) is 0 Å². The molecule has 250 valence electrons. The summed E-state index contributed by atoms with van der Waals surface area (Å²) in [6, 6.07) is 76.1. The van der Waals surface area contributed by atoms with Crippen LogP contribution in [-0.2, 0) is 0 Å². The van der Waals surface area contributed by atoms with Crippen molar-refractivity contribution in [2.24, 2.45) is 0 Å². The van der Waals surface area contributed by atoms with Gasteiger partial charge in [0.15, 0.2) is 0 Å². The van der Waals surface area contributed by atoms with Gasteiger partial charge >= 0.3 is 0 Å². The standard InChI is InChI=1S/C54H34/c1-2-8-35(9-3-1)36-14-16-37(17-15-36)38-22-26-48-42(30-38)18-19-43-31-39(23-27-49(43)48)40-24-28-50-44(32-40)20-21-45-33-46(25-29-51(45)50)54-34-41-10-4-5-11-47(41)52-12-6-7-13-53(52)54/h1-34H. The van der Waals surface area contributed by atoms with E-state index in [1.807, 2.05) is 0 Å². The third-order valence-corrected chi connectivity index (χ3v) is 11.4. The van der Waals surface area contributed by atoms with Crippen molar-refractivity contribution in [2.45, 2.75) is 0 Å². The summed E-state index contributed by atoms with van der Waals surface area (Å²) in [6.45, 7) is 0. The van der Waals surface area contributed by atoms with E-state index < -0.39 is 0 Å². The van der Waals surface area contributed by atoms with Gasteiger partial charge in [-0.3, -0.25) is 0 Å². The average Bonchev–Trinajstić information content (AvgIpc) is 3.25. The molecule has 11 aromatic carbocycles. The van der Waals surface area contributed by atoms with Crippen LogP contribution in [0.15, 0.2) is 206 Å². The van der Waals surface area contributed by atoms with Gasteiger partial charge in [0, 0.05) is 0 Å². The van der Waals surface area contributed by atoms with Crippen molar-refractivity contribution < 1.29 is 0 Å². The van der Waals surface area contributed by atoms with E-state index in [0.29, 0.717) is 0 Å². The van der Waals surface area contributed by atoms with Gasteiger partial charge in [-0.1, -0.05) is 176 Å². The minimum atomic E-state index is 1.23. The lowest BCUT2D eigenvalue weighted by Crippen LogP contribution is -1.86. The molecule has 11 aromatic rings. The molecule has 0 unspecified atom stereocenters. The molecule has 0 nitrogen and oxygen atoms in total. The molecule has 0 aliphatic rings. The molecular formula is C54H34. The number of hydrogen-bond acceptors (Lipinski definition) is 0. The predicted molar refractivity (Wildman–Crippen MR) is 233 cm³/mol. The van der Waals surface area contributed by atoms with Crippen molar-refractivity contribution in [1.29, 1.82) is 0 Å². The fourth-order valence-electron chi connectivity index (χ4n) is 8.63. The van der Waals surface area contributed by atoms with Gasteiger partial charge in [-0.25, -0.2) is 0 Å². The van der Waals surface area contributed by atoms with Gasteiger partial charge in [-0.05, 0) is 139 Å². The first-order chi connectivity index (χ1) is 26.7. The first kappa shape index (κ1) is 30.6. The normalized spacial score (nSPS) is 11.7. The Morgan fingerprint density at radius 1 is 0.167 bits per heavy atom. The zero-order chi connectivity index (χ0) is 35.6. The third kappa shape index (κ3) is 5.07. The second-order valence-electron chi connectivity index (χ2n) is 14.5. The minimum absolute atomic E-state index is 1.23. The lowest BCUT2D eigenvalue weighted by atomic mass is 9.91. The molecule has 0 amide bonds. The Labute approximate surface area is 314 Å².